The first-order valence-electron chi connectivity index (χ1n) is 11.9. The highest BCUT2D eigenvalue weighted by Crippen LogP contribution is 2.25. The smallest absolute Gasteiger partial charge is 0.244 e. The van der Waals surface area contributed by atoms with Crippen molar-refractivity contribution >= 4 is 50.7 Å². The number of hydrogen-bond acceptors (Lipinski definition) is 4. The van der Waals surface area contributed by atoms with Gasteiger partial charge in [0.15, 0.2) is 0 Å². The van der Waals surface area contributed by atoms with Crippen LogP contribution in [0.1, 0.15) is 58.1 Å². The second-order valence-electron chi connectivity index (χ2n) is 9.28. The van der Waals surface area contributed by atoms with Gasteiger partial charge in [-0.3, -0.25) is 13.9 Å². The van der Waals surface area contributed by atoms with Crippen molar-refractivity contribution in [1.29, 1.82) is 0 Å². The average Bonchev–Trinajstić information content (AvgIpc) is 2.81. The molecule has 0 bridgehead atoms. The first-order chi connectivity index (χ1) is 16.7. The molecule has 0 fully saturated rings. The molecule has 0 saturated heterocycles. The monoisotopic (exact) mass is 555 g/mol. The fourth-order valence-corrected chi connectivity index (χ4v) is 4.69. The van der Waals surface area contributed by atoms with Gasteiger partial charge in [0.25, 0.3) is 0 Å². The molecule has 0 radical (unpaired) electrons. The summed E-state index contributed by atoms with van der Waals surface area (Å²) in [6.07, 6.45) is 1.78. The zero-order valence-electron chi connectivity index (χ0n) is 21.6. The number of nitrogens with one attached hydrogen (secondary N) is 1. The standard InChI is InChI=1S/C26H35Cl2N3O4S/c1-7-18(4)29-26(33)19(5)30(15-20-8-13-23(27)24(28)14-20)25(32)16-31(36(6,34)35)22-11-9-21(10-12-22)17(2)3/h8-14,17-19H,7,15-16H2,1-6H3,(H,29,33). The summed E-state index contributed by atoms with van der Waals surface area (Å²) >= 11 is 12.2. The van der Waals surface area contributed by atoms with Crippen LogP contribution in [0.3, 0.4) is 0 Å². The van der Waals surface area contributed by atoms with E-state index in [1.807, 2.05) is 39.8 Å². The zero-order valence-corrected chi connectivity index (χ0v) is 23.9. The van der Waals surface area contributed by atoms with Crippen LogP contribution in [0.2, 0.25) is 10.0 Å². The topological polar surface area (TPSA) is 86.8 Å². The van der Waals surface area contributed by atoms with E-state index in [-0.39, 0.29) is 24.4 Å². The lowest BCUT2D eigenvalue weighted by Gasteiger charge is -2.32. The Balaban J connectivity index is 2.41. The summed E-state index contributed by atoms with van der Waals surface area (Å²) in [6.45, 7) is 9.12. The highest BCUT2D eigenvalue weighted by Gasteiger charge is 2.30. The molecule has 2 aromatic rings. The molecule has 0 aliphatic rings. The molecule has 0 heterocycles. The molecule has 2 amide bonds. The Morgan fingerprint density at radius 1 is 0.972 bits per heavy atom. The minimum Gasteiger partial charge on any atom is -0.352 e. The number of halogens is 2. The van der Waals surface area contributed by atoms with Crippen molar-refractivity contribution in [2.24, 2.45) is 0 Å². The molecule has 198 valence electrons. The van der Waals surface area contributed by atoms with Gasteiger partial charge in [-0.25, -0.2) is 8.42 Å². The van der Waals surface area contributed by atoms with Gasteiger partial charge < -0.3 is 10.2 Å². The second kappa shape index (κ2) is 12.8. The fraction of sp³-hybridized carbons (Fsp3) is 0.462. The molecule has 0 aliphatic heterocycles. The van der Waals surface area contributed by atoms with Crippen LogP contribution in [0.25, 0.3) is 0 Å². The van der Waals surface area contributed by atoms with E-state index in [1.54, 1.807) is 37.3 Å². The SMILES string of the molecule is CCC(C)NC(=O)C(C)N(Cc1ccc(Cl)c(Cl)c1)C(=O)CN(c1ccc(C(C)C)cc1)S(C)(=O)=O. The van der Waals surface area contributed by atoms with E-state index < -0.39 is 28.5 Å². The van der Waals surface area contributed by atoms with Gasteiger partial charge >= 0.3 is 0 Å². The molecule has 2 atom stereocenters. The van der Waals surface area contributed by atoms with E-state index >= 15 is 0 Å². The maximum atomic E-state index is 13.6. The highest BCUT2D eigenvalue weighted by atomic mass is 35.5. The molecular weight excluding hydrogens is 521 g/mol. The Morgan fingerprint density at radius 3 is 2.08 bits per heavy atom. The van der Waals surface area contributed by atoms with Crippen molar-refractivity contribution in [2.75, 3.05) is 17.1 Å². The summed E-state index contributed by atoms with van der Waals surface area (Å²) < 4.78 is 26.4. The van der Waals surface area contributed by atoms with Crippen molar-refractivity contribution in [3.63, 3.8) is 0 Å². The first-order valence-corrected chi connectivity index (χ1v) is 14.5. The molecule has 36 heavy (non-hydrogen) atoms. The lowest BCUT2D eigenvalue weighted by Crippen LogP contribution is -2.52. The summed E-state index contributed by atoms with van der Waals surface area (Å²) in [4.78, 5) is 27.9. The maximum Gasteiger partial charge on any atom is 0.244 e. The number of sulfonamides is 1. The van der Waals surface area contributed by atoms with Gasteiger partial charge in [-0.1, -0.05) is 62.2 Å². The number of benzene rings is 2. The number of amides is 2. The highest BCUT2D eigenvalue weighted by molar-refractivity contribution is 7.92. The van der Waals surface area contributed by atoms with Gasteiger partial charge in [-0.05, 0) is 61.6 Å². The molecule has 0 aliphatic carbocycles. The van der Waals surface area contributed by atoms with Gasteiger partial charge in [-0.2, -0.15) is 0 Å². The first kappa shape index (κ1) is 29.9. The Bertz CT molecular complexity index is 1170. The summed E-state index contributed by atoms with van der Waals surface area (Å²) in [5, 5.41) is 3.58. The second-order valence-corrected chi connectivity index (χ2v) is 12.0. The normalized spacial score (nSPS) is 13.2. The van der Waals surface area contributed by atoms with Crippen molar-refractivity contribution in [3.8, 4) is 0 Å². The third-order valence-corrected chi connectivity index (χ3v) is 7.91. The Kier molecular flexibility index (Phi) is 10.6. The molecule has 0 aromatic heterocycles. The van der Waals surface area contributed by atoms with Crippen molar-refractivity contribution < 1.29 is 18.0 Å². The van der Waals surface area contributed by atoms with Crippen LogP contribution < -0.4 is 9.62 Å². The molecular formula is C26H35Cl2N3O4S. The maximum absolute atomic E-state index is 13.6. The van der Waals surface area contributed by atoms with E-state index in [2.05, 4.69) is 5.32 Å². The predicted molar refractivity (Wildman–Crippen MR) is 147 cm³/mol. The zero-order chi connectivity index (χ0) is 27.2. The lowest BCUT2D eigenvalue weighted by atomic mass is 10.0. The Hall–Kier alpha value is -2.29. The molecule has 2 rings (SSSR count). The van der Waals surface area contributed by atoms with Crippen LogP contribution in [0.15, 0.2) is 42.5 Å². The van der Waals surface area contributed by atoms with Gasteiger partial charge in [-0.15, -0.1) is 0 Å². The fourth-order valence-electron chi connectivity index (χ4n) is 3.52. The van der Waals surface area contributed by atoms with E-state index in [0.717, 1.165) is 22.5 Å². The average molecular weight is 557 g/mol. The van der Waals surface area contributed by atoms with Crippen LogP contribution >= 0.6 is 23.2 Å². The molecule has 1 N–H and O–H groups in total. The number of nitrogens with zero attached hydrogens (tertiary/aromatic N) is 2. The van der Waals surface area contributed by atoms with Crippen LogP contribution in [0.4, 0.5) is 5.69 Å². The molecule has 0 saturated carbocycles. The minimum atomic E-state index is -3.79. The third kappa shape index (κ3) is 8.11. The quantitative estimate of drug-likeness (QED) is 0.412. The van der Waals surface area contributed by atoms with E-state index in [9.17, 15) is 18.0 Å². The number of carbonyl (C=O) groups excluding carboxylic acids is 2. The number of rotatable bonds is 11. The van der Waals surface area contributed by atoms with Crippen LogP contribution in [-0.2, 0) is 26.2 Å². The molecule has 2 unspecified atom stereocenters. The van der Waals surface area contributed by atoms with Gasteiger partial charge in [0.05, 0.1) is 22.0 Å². The van der Waals surface area contributed by atoms with Gasteiger partial charge in [0.1, 0.15) is 12.6 Å². The molecule has 7 nitrogen and oxygen atoms in total. The van der Waals surface area contributed by atoms with Crippen LogP contribution in [-0.4, -0.2) is 50.0 Å². The molecule has 10 heteroatoms. The number of carbonyl (C=O) groups is 2. The van der Waals surface area contributed by atoms with Gasteiger partial charge in [0.2, 0.25) is 21.8 Å². The van der Waals surface area contributed by atoms with Gasteiger partial charge in [0, 0.05) is 12.6 Å². The molecule has 2 aromatic carbocycles. The minimum absolute atomic E-state index is 0.0503. The van der Waals surface area contributed by atoms with Crippen molar-refractivity contribution in [2.45, 2.75) is 65.6 Å². The van der Waals surface area contributed by atoms with Crippen molar-refractivity contribution in [3.05, 3.63) is 63.6 Å². The molecule has 0 spiro atoms. The largest absolute Gasteiger partial charge is 0.352 e. The van der Waals surface area contributed by atoms with E-state index in [1.165, 1.54) is 4.90 Å². The van der Waals surface area contributed by atoms with E-state index in [4.69, 9.17) is 23.2 Å². The summed E-state index contributed by atoms with van der Waals surface area (Å²) in [7, 11) is -3.79. The summed E-state index contributed by atoms with van der Waals surface area (Å²) in [6, 6.07) is 11.1. The van der Waals surface area contributed by atoms with Crippen molar-refractivity contribution in [1.82, 2.24) is 10.2 Å². The van der Waals surface area contributed by atoms with Crippen LogP contribution in [0, 0.1) is 0 Å². The van der Waals surface area contributed by atoms with Crippen LogP contribution in [0.5, 0.6) is 0 Å². The van der Waals surface area contributed by atoms with E-state index in [0.29, 0.717) is 21.3 Å². The number of hydrogen-bond donors (Lipinski definition) is 1. The lowest BCUT2D eigenvalue weighted by molar-refractivity contribution is -0.139. The third-order valence-electron chi connectivity index (χ3n) is 6.03. The Labute approximate surface area is 224 Å². The number of anilines is 1. The summed E-state index contributed by atoms with van der Waals surface area (Å²) in [5.41, 5.74) is 2.09. The summed E-state index contributed by atoms with van der Waals surface area (Å²) in [5.74, 6) is -0.574. The predicted octanol–water partition coefficient (Wildman–Crippen LogP) is 5.21. The Morgan fingerprint density at radius 2 is 1.58 bits per heavy atom.